The molecule has 0 aliphatic heterocycles. The second-order valence-electron chi connectivity index (χ2n) is 4.13. The van der Waals surface area contributed by atoms with Crippen molar-refractivity contribution in [2.24, 2.45) is 11.7 Å². The quantitative estimate of drug-likeness (QED) is 0.555. The van der Waals surface area contributed by atoms with E-state index in [0.717, 1.165) is 38.5 Å². The first-order valence-electron chi connectivity index (χ1n) is 5.66. The minimum Gasteiger partial charge on any atom is -0.465 e. The summed E-state index contributed by atoms with van der Waals surface area (Å²) >= 11 is 0. The lowest BCUT2D eigenvalue weighted by Crippen LogP contribution is -2.30. The standard InChI is InChI=1S/C11H21NO2/c1-2-3-8-14-11(13)9-4-6-10(12)7-5-9/h9-10H,2-8,12H2,1H3. The summed E-state index contributed by atoms with van der Waals surface area (Å²) in [4.78, 5) is 11.5. The van der Waals surface area contributed by atoms with Gasteiger partial charge in [0.05, 0.1) is 12.5 Å². The number of unbranched alkanes of at least 4 members (excludes halogenated alkanes) is 1. The summed E-state index contributed by atoms with van der Waals surface area (Å²) < 4.78 is 5.18. The summed E-state index contributed by atoms with van der Waals surface area (Å²) in [5, 5.41) is 0. The van der Waals surface area contributed by atoms with E-state index >= 15 is 0 Å². The zero-order valence-corrected chi connectivity index (χ0v) is 9.00. The minimum atomic E-state index is -0.00894. The van der Waals surface area contributed by atoms with Crippen molar-refractivity contribution < 1.29 is 9.53 Å². The van der Waals surface area contributed by atoms with Gasteiger partial charge in [0.15, 0.2) is 0 Å². The van der Waals surface area contributed by atoms with Crippen molar-refractivity contribution in [1.29, 1.82) is 0 Å². The SMILES string of the molecule is CCCCOC(=O)C1CCC(N)CC1. The number of hydrogen-bond donors (Lipinski definition) is 1. The fraction of sp³-hybridized carbons (Fsp3) is 0.909. The van der Waals surface area contributed by atoms with Crippen molar-refractivity contribution >= 4 is 5.97 Å². The summed E-state index contributed by atoms with van der Waals surface area (Å²) in [6.07, 6.45) is 5.79. The predicted octanol–water partition coefficient (Wildman–Crippen LogP) is 1.85. The van der Waals surface area contributed by atoms with Crippen LogP contribution in [0.1, 0.15) is 45.4 Å². The van der Waals surface area contributed by atoms with Crippen LogP contribution >= 0.6 is 0 Å². The van der Waals surface area contributed by atoms with Crippen LogP contribution in [0.5, 0.6) is 0 Å². The molecule has 1 rings (SSSR count). The van der Waals surface area contributed by atoms with Crippen molar-refractivity contribution in [1.82, 2.24) is 0 Å². The van der Waals surface area contributed by atoms with Crippen LogP contribution in [0.25, 0.3) is 0 Å². The Hall–Kier alpha value is -0.570. The van der Waals surface area contributed by atoms with E-state index < -0.39 is 0 Å². The lowest BCUT2D eigenvalue weighted by molar-refractivity contribution is -0.149. The largest absolute Gasteiger partial charge is 0.465 e. The molecule has 1 aliphatic carbocycles. The van der Waals surface area contributed by atoms with E-state index in [0.29, 0.717) is 12.6 Å². The summed E-state index contributed by atoms with van der Waals surface area (Å²) in [5.41, 5.74) is 5.77. The highest BCUT2D eigenvalue weighted by atomic mass is 16.5. The molecule has 0 amide bonds. The summed E-state index contributed by atoms with van der Waals surface area (Å²) in [5.74, 6) is 0.108. The Balaban J connectivity index is 2.17. The number of ether oxygens (including phenoxy) is 1. The molecule has 0 atom stereocenters. The Morgan fingerprint density at radius 1 is 1.36 bits per heavy atom. The summed E-state index contributed by atoms with van der Waals surface area (Å²) in [6.45, 7) is 2.67. The highest BCUT2D eigenvalue weighted by Crippen LogP contribution is 2.24. The van der Waals surface area contributed by atoms with E-state index in [-0.39, 0.29) is 11.9 Å². The monoisotopic (exact) mass is 199 g/mol. The number of carbonyl (C=O) groups excluding carboxylic acids is 1. The molecule has 0 spiro atoms. The zero-order chi connectivity index (χ0) is 10.4. The van der Waals surface area contributed by atoms with E-state index in [1.807, 2.05) is 0 Å². The maximum atomic E-state index is 11.5. The topological polar surface area (TPSA) is 52.3 Å². The van der Waals surface area contributed by atoms with Crippen molar-refractivity contribution in [3.8, 4) is 0 Å². The van der Waals surface area contributed by atoms with Gasteiger partial charge in [0.25, 0.3) is 0 Å². The Morgan fingerprint density at radius 3 is 2.57 bits per heavy atom. The van der Waals surface area contributed by atoms with Gasteiger partial charge in [-0.15, -0.1) is 0 Å². The average molecular weight is 199 g/mol. The zero-order valence-electron chi connectivity index (χ0n) is 9.00. The van der Waals surface area contributed by atoms with Crippen molar-refractivity contribution in [3.63, 3.8) is 0 Å². The highest BCUT2D eigenvalue weighted by Gasteiger charge is 2.25. The highest BCUT2D eigenvalue weighted by molar-refractivity contribution is 5.72. The molecule has 1 aliphatic rings. The summed E-state index contributed by atoms with van der Waals surface area (Å²) in [6, 6.07) is 0.301. The smallest absolute Gasteiger partial charge is 0.308 e. The molecule has 14 heavy (non-hydrogen) atoms. The maximum Gasteiger partial charge on any atom is 0.308 e. The fourth-order valence-corrected chi connectivity index (χ4v) is 1.79. The molecule has 3 heteroatoms. The Morgan fingerprint density at radius 2 is 2.00 bits per heavy atom. The van der Waals surface area contributed by atoms with Crippen LogP contribution < -0.4 is 5.73 Å². The lowest BCUT2D eigenvalue weighted by Gasteiger charge is -2.24. The molecule has 0 aromatic rings. The molecule has 0 unspecified atom stereocenters. The van der Waals surface area contributed by atoms with E-state index in [1.54, 1.807) is 0 Å². The molecular formula is C11H21NO2. The van der Waals surface area contributed by atoms with E-state index in [4.69, 9.17) is 10.5 Å². The van der Waals surface area contributed by atoms with Crippen LogP contribution in [0.3, 0.4) is 0 Å². The van der Waals surface area contributed by atoms with Gasteiger partial charge < -0.3 is 10.5 Å². The van der Waals surface area contributed by atoms with Crippen LogP contribution in [-0.4, -0.2) is 18.6 Å². The normalized spacial score (nSPS) is 27.3. The second-order valence-corrected chi connectivity index (χ2v) is 4.13. The molecule has 2 N–H and O–H groups in total. The average Bonchev–Trinajstić information content (AvgIpc) is 2.19. The van der Waals surface area contributed by atoms with Gasteiger partial charge in [-0.3, -0.25) is 4.79 Å². The van der Waals surface area contributed by atoms with E-state index in [1.165, 1.54) is 0 Å². The molecular weight excluding hydrogens is 178 g/mol. The Bertz CT molecular complexity index is 174. The van der Waals surface area contributed by atoms with Gasteiger partial charge >= 0.3 is 5.97 Å². The number of nitrogens with two attached hydrogens (primary N) is 1. The van der Waals surface area contributed by atoms with Crippen LogP contribution in [0.2, 0.25) is 0 Å². The van der Waals surface area contributed by atoms with E-state index in [2.05, 4.69) is 6.92 Å². The maximum absolute atomic E-state index is 11.5. The van der Waals surface area contributed by atoms with Crippen LogP contribution in [0, 0.1) is 5.92 Å². The van der Waals surface area contributed by atoms with E-state index in [9.17, 15) is 4.79 Å². The van der Waals surface area contributed by atoms with Gasteiger partial charge in [0.1, 0.15) is 0 Å². The van der Waals surface area contributed by atoms with Gasteiger partial charge in [-0.2, -0.15) is 0 Å². The number of rotatable bonds is 4. The summed E-state index contributed by atoms with van der Waals surface area (Å²) in [7, 11) is 0. The Labute approximate surface area is 86.0 Å². The first kappa shape index (κ1) is 11.5. The lowest BCUT2D eigenvalue weighted by atomic mass is 9.86. The predicted molar refractivity (Wildman–Crippen MR) is 55.8 cm³/mol. The third-order valence-electron chi connectivity index (χ3n) is 2.85. The number of carbonyl (C=O) groups is 1. The molecule has 0 bridgehead atoms. The third-order valence-corrected chi connectivity index (χ3v) is 2.85. The molecule has 0 aromatic carbocycles. The van der Waals surface area contributed by atoms with Crippen LogP contribution in [-0.2, 0) is 9.53 Å². The molecule has 1 fully saturated rings. The third kappa shape index (κ3) is 3.66. The number of hydrogen-bond acceptors (Lipinski definition) is 3. The van der Waals surface area contributed by atoms with Gasteiger partial charge in [-0.05, 0) is 32.1 Å². The van der Waals surface area contributed by atoms with Crippen molar-refractivity contribution in [2.75, 3.05) is 6.61 Å². The second kappa shape index (κ2) is 6.02. The number of esters is 1. The molecule has 82 valence electrons. The molecule has 0 heterocycles. The van der Waals surface area contributed by atoms with Crippen LogP contribution in [0.15, 0.2) is 0 Å². The van der Waals surface area contributed by atoms with Gasteiger partial charge in [-0.25, -0.2) is 0 Å². The Kier molecular flexibility index (Phi) is 4.94. The van der Waals surface area contributed by atoms with Crippen LogP contribution in [0.4, 0.5) is 0 Å². The molecule has 0 aromatic heterocycles. The minimum absolute atomic E-state index is 0.00894. The van der Waals surface area contributed by atoms with Gasteiger partial charge in [-0.1, -0.05) is 13.3 Å². The van der Waals surface area contributed by atoms with Gasteiger partial charge in [0, 0.05) is 6.04 Å². The molecule has 0 radical (unpaired) electrons. The molecule has 3 nitrogen and oxygen atoms in total. The van der Waals surface area contributed by atoms with Crippen molar-refractivity contribution in [3.05, 3.63) is 0 Å². The fourth-order valence-electron chi connectivity index (χ4n) is 1.79. The first-order chi connectivity index (χ1) is 6.74. The van der Waals surface area contributed by atoms with Gasteiger partial charge in [0.2, 0.25) is 0 Å². The first-order valence-corrected chi connectivity index (χ1v) is 5.66. The molecule has 0 saturated heterocycles. The van der Waals surface area contributed by atoms with Crippen molar-refractivity contribution in [2.45, 2.75) is 51.5 Å². The molecule has 1 saturated carbocycles.